The minimum Gasteiger partial charge on any atom is -0.493 e. The van der Waals surface area contributed by atoms with Crippen LogP contribution in [0.5, 0.6) is 11.5 Å². The molecule has 1 aromatic carbocycles. The molecule has 0 N–H and O–H groups in total. The number of tetrazole rings is 1. The third kappa shape index (κ3) is 2.10. The molecule has 0 aliphatic carbocycles. The molecule has 2 heterocycles. The van der Waals surface area contributed by atoms with Crippen LogP contribution in [-0.2, 0) is 6.54 Å². The molecule has 1 aromatic heterocycles. The number of methoxy groups -OCH3 is 1. The van der Waals surface area contributed by atoms with Crippen molar-refractivity contribution in [3.8, 4) is 23.8 Å². The minimum absolute atomic E-state index is 0.297. The lowest BCUT2D eigenvalue weighted by molar-refractivity contribution is 0.327. The lowest BCUT2D eigenvalue weighted by Crippen LogP contribution is -2.09. The SMILES string of the molecule is C#CCn1nnc(C2=Cc3cccc(OC)c3OC2)n1. The number of terminal acetylenes is 1. The Hall–Kier alpha value is -2.81. The molecule has 20 heavy (non-hydrogen) atoms. The van der Waals surface area contributed by atoms with Gasteiger partial charge in [0.1, 0.15) is 13.2 Å². The molecule has 0 fully saturated rings. The van der Waals surface area contributed by atoms with E-state index in [4.69, 9.17) is 15.9 Å². The Kier molecular flexibility index (Phi) is 3.09. The van der Waals surface area contributed by atoms with Gasteiger partial charge in [-0.15, -0.1) is 16.6 Å². The number of nitrogens with zero attached hydrogens (tertiary/aromatic N) is 4. The number of benzene rings is 1. The molecule has 0 bridgehead atoms. The summed E-state index contributed by atoms with van der Waals surface area (Å²) in [7, 11) is 1.62. The van der Waals surface area contributed by atoms with E-state index in [-0.39, 0.29) is 0 Å². The van der Waals surface area contributed by atoms with Crippen LogP contribution in [-0.4, -0.2) is 33.9 Å². The second-order valence-corrected chi connectivity index (χ2v) is 4.18. The van der Waals surface area contributed by atoms with Crippen LogP contribution in [0.15, 0.2) is 18.2 Å². The van der Waals surface area contributed by atoms with Crippen LogP contribution in [0.1, 0.15) is 11.4 Å². The van der Waals surface area contributed by atoms with E-state index in [1.54, 1.807) is 7.11 Å². The third-order valence-electron chi connectivity index (χ3n) is 2.90. The maximum Gasteiger partial charge on any atom is 0.204 e. The Bertz CT molecular complexity index is 712. The zero-order chi connectivity index (χ0) is 13.9. The van der Waals surface area contributed by atoms with Crippen LogP contribution >= 0.6 is 0 Å². The van der Waals surface area contributed by atoms with Gasteiger partial charge in [0.2, 0.25) is 5.82 Å². The highest BCUT2D eigenvalue weighted by Gasteiger charge is 2.19. The summed E-state index contributed by atoms with van der Waals surface area (Å²) < 4.78 is 11.0. The van der Waals surface area contributed by atoms with E-state index in [0.29, 0.717) is 24.7 Å². The molecule has 0 saturated heterocycles. The second-order valence-electron chi connectivity index (χ2n) is 4.18. The molecule has 100 valence electrons. The molecule has 0 unspecified atom stereocenters. The van der Waals surface area contributed by atoms with Gasteiger partial charge in [-0.3, -0.25) is 0 Å². The smallest absolute Gasteiger partial charge is 0.204 e. The largest absolute Gasteiger partial charge is 0.493 e. The zero-order valence-electron chi connectivity index (χ0n) is 10.9. The summed E-state index contributed by atoms with van der Waals surface area (Å²) in [5.41, 5.74) is 1.79. The standard InChI is InChI=1S/C14H12N4O2/c1-3-7-18-16-14(15-17-18)11-8-10-5-4-6-12(19-2)13(10)20-9-11/h1,4-6,8H,7,9H2,2H3. The first kappa shape index (κ1) is 12.2. The maximum absolute atomic E-state index is 5.73. The molecule has 0 amide bonds. The molecule has 3 rings (SSSR count). The van der Waals surface area contributed by atoms with Crippen LogP contribution in [0.3, 0.4) is 0 Å². The fourth-order valence-corrected chi connectivity index (χ4v) is 1.99. The number of fused-ring (bicyclic) bond motifs is 1. The number of hydrogen-bond acceptors (Lipinski definition) is 5. The summed E-state index contributed by atoms with van der Waals surface area (Å²) in [6.45, 7) is 0.667. The molecule has 0 atom stereocenters. The van der Waals surface area contributed by atoms with Crippen LogP contribution < -0.4 is 9.47 Å². The lowest BCUT2D eigenvalue weighted by atomic mass is 10.1. The molecular formula is C14H12N4O2. The molecule has 0 radical (unpaired) electrons. The molecule has 6 nitrogen and oxygen atoms in total. The molecular weight excluding hydrogens is 256 g/mol. The first-order valence-electron chi connectivity index (χ1n) is 6.04. The van der Waals surface area contributed by atoms with Crippen molar-refractivity contribution in [2.45, 2.75) is 6.54 Å². The highest BCUT2D eigenvalue weighted by Crippen LogP contribution is 2.36. The van der Waals surface area contributed by atoms with Crippen molar-refractivity contribution in [2.75, 3.05) is 13.7 Å². The average Bonchev–Trinajstić information content (AvgIpc) is 2.95. The Morgan fingerprint density at radius 1 is 1.50 bits per heavy atom. The monoisotopic (exact) mass is 268 g/mol. The van der Waals surface area contributed by atoms with Gasteiger partial charge in [-0.05, 0) is 17.4 Å². The first-order chi connectivity index (χ1) is 9.81. The van der Waals surface area contributed by atoms with E-state index < -0.39 is 0 Å². The lowest BCUT2D eigenvalue weighted by Gasteiger charge is -2.18. The quantitative estimate of drug-likeness (QED) is 0.784. The maximum atomic E-state index is 5.73. The van der Waals surface area contributed by atoms with Crippen molar-refractivity contribution >= 4 is 11.6 Å². The highest BCUT2D eigenvalue weighted by molar-refractivity contribution is 5.84. The van der Waals surface area contributed by atoms with Crippen molar-refractivity contribution in [2.24, 2.45) is 0 Å². The van der Waals surface area contributed by atoms with E-state index in [0.717, 1.165) is 16.9 Å². The van der Waals surface area contributed by atoms with Gasteiger partial charge in [0.15, 0.2) is 11.5 Å². The fraction of sp³-hybridized carbons (Fsp3) is 0.214. The molecule has 2 aromatic rings. The first-order valence-corrected chi connectivity index (χ1v) is 6.04. The zero-order valence-corrected chi connectivity index (χ0v) is 10.9. The van der Waals surface area contributed by atoms with E-state index in [1.165, 1.54) is 4.80 Å². The summed E-state index contributed by atoms with van der Waals surface area (Å²) >= 11 is 0. The van der Waals surface area contributed by atoms with Crippen molar-refractivity contribution in [3.05, 3.63) is 29.6 Å². The van der Waals surface area contributed by atoms with Crippen molar-refractivity contribution < 1.29 is 9.47 Å². The molecule has 0 saturated carbocycles. The summed E-state index contributed by atoms with van der Waals surface area (Å²) in [5.74, 6) is 4.42. The number of aromatic nitrogens is 4. The van der Waals surface area contributed by atoms with Gasteiger partial charge in [-0.2, -0.15) is 4.80 Å². The number of hydrogen-bond donors (Lipinski definition) is 0. The van der Waals surface area contributed by atoms with Crippen molar-refractivity contribution in [3.63, 3.8) is 0 Å². The van der Waals surface area contributed by atoms with E-state index in [9.17, 15) is 0 Å². The Morgan fingerprint density at radius 2 is 2.40 bits per heavy atom. The van der Waals surface area contributed by atoms with Gasteiger partial charge in [0.25, 0.3) is 0 Å². The molecule has 1 aliphatic rings. The predicted octanol–water partition coefficient (Wildman–Crippen LogP) is 1.25. The highest BCUT2D eigenvalue weighted by atomic mass is 16.5. The summed E-state index contributed by atoms with van der Waals surface area (Å²) in [6, 6.07) is 5.71. The van der Waals surface area contributed by atoms with Crippen LogP contribution in [0.4, 0.5) is 0 Å². The summed E-state index contributed by atoms with van der Waals surface area (Å²) in [5, 5.41) is 12.1. The molecule has 6 heteroatoms. The van der Waals surface area contributed by atoms with Gasteiger partial charge in [-0.1, -0.05) is 18.1 Å². The van der Waals surface area contributed by atoms with Gasteiger partial charge in [0, 0.05) is 11.1 Å². The van der Waals surface area contributed by atoms with Crippen LogP contribution in [0, 0.1) is 12.3 Å². The van der Waals surface area contributed by atoms with Crippen LogP contribution in [0.25, 0.3) is 11.6 Å². The Labute approximate surface area is 116 Å². The molecule has 0 spiro atoms. The fourth-order valence-electron chi connectivity index (χ4n) is 1.99. The van der Waals surface area contributed by atoms with Gasteiger partial charge in [0.05, 0.1) is 7.11 Å². The summed E-state index contributed by atoms with van der Waals surface area (Å²) in [6.07, 6.45) is 7.18. The number of ether oxygens (including phenoxy) is 2. The molecule has 1 aliphatic heterocycles. The Balaban J connectivity index is 1.96. The van der Waals surface area contributed by atoms with E-state index in [1.807, 2.05) is 24.3 Å². The topological polar surface area (TPSA) is 62.1 Å². The number of para-hydroxylation sites is 1. The minimum atomic E-state index is 0.297. The van der Waals surface area contributed by atoms with Crippen molar-refractivity contribution in [1.82, 2.24) is 20.2 Å². The normalized spacial score (nSPS) is 12.9. The van der Waals surface area contributed by atoms with E-state index in [2.05, 4.69) is 21.3 Å². The van der Waals surface area contributed by atoms with Gasteiger partial charge >= 0.3 is 0 Å². The van der Waals surface area contributed by atoms with Crippen LogP contribution in [0.2, 0.25) is 0 Å². The van der Waals surface area contributed by atoms with Gasteiger partial charge in [-0.25, -0.2) is 0 Å². The Morgan fingerprint density at radius 3 is 3.20 bits per heavy atom. The summed E-state index contributed by atoms with van der Waals surface area (Å²) in [4.78, 5) is 1.37. The third-order valence-corrected chi connectivity index (χ3v) is 2.90. The van der Waals surface area contributed by atoms with E-state index >= 15 is 0 Å². The average molecular weight is 268 g/mol. The predicted molar refractivity (Wildman–Crippen MR) is 73.0 cm³/mol. The second kappa shape index (κ2) is 5.05. The van der Waals surface area contributed by atoms with Crippen molar-refractivity contribution in [1.29, 1.82) is 0 Å². The number of rotatable bonds is 3. The van der Waals surface area contributed by atoms with Gasteiger partial charge < -0.3 is 9.47 Å².